The lowest BCUT2D eigenvalue weighted by atomic mass is 10.1. The summed E-state index contributed by atoms with van der Waals surface area (Å²) in [6.07, 6.45) is 1.36. The minimum Gasteiger partial charge on any atom is -0.393 e. The van der Waals surface area contributed by atoms with Gasteiger partial charge in [-0.15, -0.1) is 0 Å². The predicted molar refractivity (Wildman–Crippen MR) is 68.8 cm³/mol. The van der Waals surface area contributed by atoms with Crippen molar-refractivity contribution in [2.75, 3.05) is 6.54 Å². The van der Waals surface area contributed by atoms with Gasteiger partial charge in [0.2, 0.25) is 5.91 Å². The van der Waals surface area contributed by atoms with Gasteiger partial charge in [-0.3, -0.25) is 4.79 Å². The number of carbonyl (C=O) groups excluding carboxylic acids is 1. The van der Waals surface area contributed by atoms with E-state index in [9.17, 15) is 4.79 Å². The van der Waals surface area contributed by atoms with Gasteiger partial charge >= 0.3 is 0 Å². The molecule has 3 heteroatoms. The second-order valence-electron chi connectivity index (χ2n) is 4.48. The number of hydrogen-bond acceptors (Lipinski definition) is 2. The highest BCUT2D eigenvalue weighted by Gasteiger charge is 2.03. The maximum absolute atomic E-state index is 11.4. The molecule has 0 saturated heterocycles. The quantitative estimate of drug-likeness (QED) is 0.790. The van der Waals surface area contributed by atoms with Crippen molar-refractivity contribution in [3.63, 3.8) is 0 Å². The molecule has 0 spiro atoms. The molecular formula is C14H21NO2. The monoisotopic (exact) mass is 235 g/mol. The van der Waals surface area contributed by atoms with Gasteiger partial charge in [0.05, 0.1) is 6.10 Å². The molecule has 0 aliphatic heterocycles. The molecule has 0 aliphatic carbocycles. The van der Waals surface area contributed by atoms with Crippen LogP contribution in [-0.4, -0.2) is 23.7 Å². The van der Waals surface area contributed by atoms with Gasteiger partial charge in [0.15, 0.2) is 0 Å². The highest BCUT2D eigenvalue weighted by molar-refractivity contribution is 5.75. The van der Waals surface area contributed by atoms with Gasteiger partial charge < -0.3 is 10.4 Å². The Morgan fingerprint density at radius 1 is 1.47 bits per heavy atom. The van der Waals surface area contributed by atoms with E-state index in [4.69, 9.17) is 5.11 Å². The number of rotatable bonds is 6. The fourth-order valence-electron chi connectivity index (χ4n) is 1.64. The van der Waals surface area contributed by atoms with Gasteiger partial charge in [0.1, 0.15) is 0 Å². The Balaban J connectivity index is 2.21. The molecule has 1 aromatic carbocycles. The van der Waals surface area contributed by atoms with E-state index in [1.807, 2.05) is 6.07 Å². The van der Waals surface area contributed by atoms with Crippen LogP contribution in [0.1, 0.15) is 30.9 Å². The topological polar surface area (TPSA) is 49.3 Å². The van der Waals surface area contributed by atoms with Crippen LogP contribution in [0.2, 0.25) is 0 Å². The van der Waals surface area contributed by atoms with Gasteiger partial charge in [0.25, 0.3) is 0 Å². The number of carbonyl (C=O) groups is 1. The number of nitrogens with one attached hydrogen (secondary N) is 1. The van der Waals surface area contributed by atoms with Crippen molar-refractivity contribution >= 4 is 5.91 Å². The molecule has 0 bridgehead atoms. The van der Waals surface area contributed by atoms with E-state index < -0.39 is 6.10 Å². The van der Waals surface area contributed by atoms with Crippen LogP contribution in [0.4, 0.5) is 0 Å². The normalized spacial score (nSPS) is 12.2. The van der Waals surface area contributed by atoms with E-state index in [1.165, 1.54) is 11.1 Å². The first kappa shape index (κ1) is 13.7. The van der Waals surface area contributed by atoms with Crippen molar-refractivity contribution in [3.8, 4) is 0 Å². The number of aliphatic hydroxyl groups is 1. The maximum atomic E-state index is 11.4. The lowest BCUT2D eigenvalue weighted by Crippen LogP contribution is -2.26. The molecule has 1 aromatic rings. The van der Waals surface area contributed by atoms with Gasteiger partial charge in [-0.2, -0.15) is 0 Å². The van der Waals surface area contributed by atoms with Gasteiger partial charge in [0, 0.05) is 13.0 Å². The van der Waals surface area contributed by atoms with Gasteiger partial charge in [-0.25, -0.2) is 0 Å². The fraction of sp³-hybridized carbons (Fsp3) is 0.500. The molecule has 0 radical (unpaired) electrons. The van der Waals surface area contributed by atoms with E-state index in [2.05, 4.69) is 30.4 Å². The molecule has 0 heterocycles. The highest BCUT2D eigenvalue weighted by Crippen LogP contribution is 2.04. The molecule has 1 rings (SSSR count). The third-order valence-electron chi connectivity index (χ3n) is 2.61. The Morgan fingerprint density at radius 2 is 2.24 bits per heavy atom. The molecule has 94 valence electrons. The van der Waals surface area contributed by atoms with Crippen molar-refractivity contribution in [2.24, 2.45) is 0 Å². The molecule has 2 N–H and O–H groups in total. The van der Waals surface area contributed by atoms with Crippen LogP contribution in [0.5, 0.6) is 0 Å². The zero-order valence-electron chi connectivity index (χ0n) is 10.6. The van der Waals surface area contributed by atoms with Crippen molar-refractivity contribution in [1.29, 1.82) is 0 Å². The Hall–Kier alpha value is -1.35. The zero-order chi connectivity index (χ0) is 12.7. The van der Waals surface area contributed by atoms with Gasteiger partial charge in [-0.1, -0.05) is 29.8 Å². The average Bonchev–Trinajstić information content (AvgIpc) is 2.26. The summed E-state index contributed by atoms with van der Waals surface area (Å²) in [7, 11) is 0. The zero-order valence-corrected chi connectivity index (χ0v) is 10.6. The van der Waals surface area contributed by atoms with Crippen LogP contribution in [0.3, 0.4) is 0 Å². The summed E-state index contributed by atoms with van der Waals surface area (Å²) in [5.41, 5.74) is 2.48. The standard InChI is InChI=1S/C14H21NO2/c1-11-4-3-5-13(10-11)8-9-15-14(17)7-6-12(2)16/h3-5,10,12,16H,6-9H2,1-2H3,(H,15,17). The number of benzene rings is 1. The number of aryl methyl sites for hydroxylation is 1. The van der Waals surface area contributed by atoms with E-state index in [1.54, 1.807) is 6.92 Å². The number of aliphatic hydroxyl groups excluding tert-OH is 1. The van der Waals surface area contributed by atoms with Crippen LogP contribution in [0.15, 0.2) is 24.3 Å². The average molecular weight is 235 g/mol. The molecule has 17 heavy (non-hydrogen) atoms. The van der Waals surface area contributed by atoms with E-state index in [-0.39, 0.29) is 5.91 Å². The van der Waals surface area contributed by atoms with Crippen LogP contribution < -0.4 is 5.32 Å². The molecule has 3 nitrogen and oxygen atoms in total. The summed E-state index contributed by atoms with van der Waals surface area (Å²) in [5, 5.41) is 11.9. The summed E-state index contributed by atoms with van der Waals surface area (Å²) >= 11 is 0. The van der Waals surface area contributed by atoms with Crippen molar-refractivity contribution < 1.29 is 9.90 Å². The Kier molecular flexibility index (Phi) is 5.70. The molecule has 1 amide bonds. The maximum Gasteiger partial charge on any atom is 0.220 e. The Morgan fingerprint density at radius 3 is 2.88 bits per heavy atom. The van der Waals surface area contributed by atoms with E-state index in [0.29, 0.717) is 19.4 Å². The van der Waals surface area contributed by atoms with Crippen molar-refractivity contribution in [1.82, 2.24) is 5.32 Å². The Bertz CT molecular complexity index is 361. The predicted octanol–water partition coefficient (Wildman–Crippen LogP) is 1.81. The second kappa shape index (κ2) is 7.07. The van der Waals surface area contributed by atoms with Crippen LogP contribution in [0, 0.1) is 6.92 Å². The summed E-state index contributed by atoms with van der Waals surface area (Å²) in [6.45, 7) is 4.41. The lowest BCUT2D eigenvalue weighted by molar-refractivity contribution is -0.121. The number of hydrogen-bond donors (Lipinski definition) is 2. The fourth-order valence-corrected chi connectivity index (χ4v) is 1.64. The summed E-state index contributed by atoms with van der Waals surface area (Å²) in [6, 6.07) is 8.28. The van der Waals surface area contributed by atoms with Crippen LogP contribution in [0.25, 0.3) is 0 Å². The minimum absolute atomic E-state index is 0.0125. The lowest BCUT2D eigenvalue weighted by Gasteiger charge is -2.07. The van der Waals surface area contributed by atoms with Gasteiger partial charge in [-0.05, 0) is 32.3 Å². The largest absolute Gasteiger partial charge is 0.393 e. The van der Waals surface area contributed by atoms with Crippen LogP contribution in [-0.2, 0) is 11.2 Å². The first-order valence-electron chi connectivity index (χ1n) is 6.08. The molecular weight excluding hydrogens is 214 g/mol. The van der Waals surface area contributed by atoms with E-state index in [0.717, 1.165) is 6.42 Å². The first-order valence-corrected chi connectivity index (χ1v) is 6.08. The summed E-state index contributed by atoms with van der Waals surface area (Å²) in [4.78, 5) is 11.4. The SMILES string of the molecule is Cc1cccc(CCNC(=O)CCC(C)O)c1. The van der Waals surface area contributed by atoms with E-state index >= 15 is 0 Å². The summed E-state index contributed by atoms with van der Waals surface area (Å²) < 4.78 is 0. The second-order valence-corrected chi connectivity index (χ2v) is 4.48. The third kappa shape index (κ3) is 6.07. The van der Waals surface area contributed by atoms with Crippen LogP contribution >= 0.6 is 0 Å². The Labute approximate surface area is 103 Å². The molecule has 0 saturated carbocycles. The molecule has 0 fully saturated rings. The summed E-state index contributed by atoms with van der Waals surface area (Å²) in [5.74, 6) is 0.0125. The molecule has 1 atom stereocenters. The molecule has 0 aromatic heterocycles. The molecule has 1 unspecified atom stereocenters. The first-order chi connectivity index (χ1) is 8.08. The minimum atomic E-state index is -0.405. The molecule has 0 aliphatic rings. The third-order valence-corrected chi connectivity index (χ3v) is 2.61. The smallest absolute Gasteiger partial charge is 0.220 e. The number of amides is 1. The van der Waals surface area contributed by atoms with Crippen molar-refractivity contribution in [3.05, 3.63) is 35.4 Å². The van der Waals surface area contributed by atoms with Crippen molar-refractivity contribution in [2.45, 2.75) is 39.2 Å². The highest BCUT2D eigenvalue weighted by atomic mass is 16.3.